The lowest BCUT2D eigenvalue weighted by molar-refractivity contribution is -0.162. The number of nitrogens with one attached hydrogen (secondary N) is 1. The second-order valence-electron chi connectivity index (χ2n) is 10.3. The number of carboxylic acid groups (broad SMARTS) is 1. The standard InChI is InChI=1S/C22H31N5O4/c1-26(2)19(28)15-10-23-20(24-11-15)25-16-3-4-27(21(29)30)18(16)17-13-5-12-6-14(17)9-22(31,7-12)8-13/h10-14,16-18,31H,3-9H2,1-2H3,(H,29,30)(H,23,24,25)/t12?,13-,14+,16?,17?,18?,22?. The van der Waals surface area contributed by atoms with E-state index >= 15 is 0 Å². The number of likely N-dealkylation sites (tertiary alicyclic amines) is 1. The fraction of sp³-hybridized carbons (Fsp3) is 0.727. The van der Waals surface area contributed by atoms with Crippen molar-refractivity contribution < 1.29 is 19.8 Å². The number of amides is 2. The molecule has 3 N–H and O–H groups in total. The maximum atomic E-state index is 12.1. The summed E-state index contributed by atoms with van der Waals surface area (Å²) in [5.41, 5.74) is -0.125. The molecule has 168 valence electrons. The summed E-state index contributed by atoms with van der Waals surface area (Å²) in [5, 5.41) is 24.2. The minimum absolute atomic E-state index is 0.0799. The normalized spacial score (nSPS) is 38.4. The number of rotatable bonds is 4. The molecular formula is C22H31N5O4. The smallest absolute Gasteiger partial charge is 0.407 e. The maximum Gasteiger partial charge on any atom is 0.407 e. The third-order valence-electron chi connectivity index (χ3n) is 8.03. The van der Waals surface area contributed by atoms with E-state index in [0.29, 0.717) is 42.2 Å². The van der Waals surface area contributed by atoms with Gasteiger partial charge in [0.1, 0.15) is 0 Å². The quantitative estimate of drug-likeness (QED) is 0.669. The molecular weight excluding hydrogens is 398 g/mol. The van der Waals surface area contributed by atoms with Gasteiger partial charge < -0.3 is 25.3 Å². The van der Waals surface area contributed by atoms with Crippen LogP contribution in [0.4, 0.5) is 10.7 Å². The fourth-order valence-corrected chi connectivity index (χ4v) is 7.19. The van der Waals surface area contributed by atoms with Gasteiger partial charge in [-0.1, -0.05) is 0 Å². The van der Waals surface area contributed by atoms with Crippen molar-refractivity contribution in [3.05, 3.63) is 18.0 Å². The highest BCUT2D eigenvalue weighted by molar-refractivity contribution is 5.93. The van der Waals surface area contributed by atoms with Crippen molar-refractivity contribution in [1.29, 1.82) is 0 Å². The first-order chi connectivity index (χ1) is 14.7. The molecule has 5 unspecified atom stereocenters. The average Bonchev–Trinajstić information content (AvgIpc) is 3.10. The lowest BCUT2D eigenvalue weighted by Crippen LogP contribution is -2.61. The highest BCUT2D eigenvalue weighted by atomic mass is 16.4. The van der Waals surface area contributed by atoms with E-state index < -0.39 is 11.7 Å². The van der Waals surface area contributed by atoms with Gasteiger partial charge in [-0.3, -0.25) is 4.79 Å². The van der Waals surface area contributed by atoms with Gasteiger partial charge in [0.15, 0.2) is 0 Å². The summed E-state index contributed by atoms with van der Waals surface area (Å²) in [6, 6.07) is -0.230. The Bertz CT molecular complexity index is 859. The van der Waals surface area contributed by atoms with E-state index in [4.69, 9.17) is 0 Å². The third kappa shape index (κ3) is 3.52. The van der Waals surface area contributed by atoms with E-state index in [1.165, 1.54) is 17.3 Å². The number of hydrogen-bond acceptors (Lipinski definition) is 6. The SMILES string of the molecule is CN(C)C(=O)c1cnc(NC2CCN(C(=O)O)C2C2[C@@H]3CC4C[C@H]2CC(O)(C4)C3)nc1. The van der Waals surface area contributed by atoms with Crippen molar-refractivity contribution in [2.75, 3.05) is 26.0 Å². The Hall–Kier alpha value is -2.42. The van der Waals surface area contributed by atoms with E-state index in [-0.39, 0.29) is 23.9 Å². The number of carbonyl (C=O) groups excluding carboxylic acids is 1. The predicted molar refractivity (Wildman–Crippen MR) is 113 cm³/mol. The number of anilines is 1. The average molecular weight is 430 g/mol. The molecule has 4 bridgehead atoms. The molecule has 9 heteroatoms. The van der Waals surface area contributed by atoms with Crippen LogP contribution in [0.1, 0.15) is 48.9 Å². The molecule has 2 amide bonds. The lowest BCUT2D eigenvalue weighted by atomic mass is 9.48. The largest absolute Gasteiger partial charge is 0.465 e. The molecule has 5 fully saturated rings. The molecule has 9 nitrogen and oxygen atoms in total. The van der Waals surface area contributed by atoms with Gasteiger partial charge in [-0.05, 0) is 62.2 Å². The molecule has 0 spiro atoms. The summed E-state index contributed by atoms with van der Waals surface area (Å²) in [4.78, 5) is 35.9. The van der Waals surface area contributed by atoms with Crippen LogP contribution in [0.15, 0.2) is 12.4 Å². The van der Waals surface area contributed by atoms with Crippen LogP contribution in [0.2, 0.25) is 0 Å². The topological polar surface area (TPSA) is 119 Å². The van der Waals surface area contributed by atoms with Crippen molar-refractivity contribution in [2.24, 2.45) is 23.7 Å². The zero-order valence-corrected chi connectivity index (χ0v) is 18.1. The molecule has 0 radical (unpaired) electrons. The molecule has 6 rings (SSSR count). The first kappa shape index (κ1) is 20.5. The van der Waals surface area contributed by atoms with E-state index in [2.05, 4.69) is 15.3 Å². The first-order valence-electron chi connectivity index (χ1n) is 11.3. The molecule has 0 aromatic carbocycles. The van der Waals surface area contributed by atoms with Crippen molar-refractivity contribution in [1.82, 2.24) is 19.8 Å². The summed E-state index contributed by atoms with van der Waals surface area (Å²) in [5.74, 6) is 1.82. The number of aliphatic hydroxyl groups is 1. The zero-order chi connectivity index (χ0) is 21.9. The molecule has 1 aliphatic heterocycles. The zero-order valence-electron chi connectivity index (χ0n) is 18.1. The summed E-state index contributed by atoms with van der Waals surface area (Å²) < 4.78 is 0. The summed E-state index contributed by atoms with van der Waals surface area (Å²) in [6.45, 7) is 0.485. The number of nitrogens with zero attached hydrogens (tertiary/aromatic N) is 4. The fourth-order valence-electron chi connectivity index (χ4n) is 7.19. The van der Waals surface area contributed by atoms with Crippen molar-refractivity contribution in [3.63, 3.8) is 0 Å². The molecule has 1 aromatic heterocycles. The molecule has 4 aliphatic carbocycles. The lowest BCUT2D eigenvalue weighted by Gasteiger charge is -2.60. The van der Waals surface area contributed by atoms with Crippen LogP contribution in [0, 0.1) is 23.7 Å². The van der Waals surface area contributed by atoms with E-state index in [9.17, 15) is 19.8 Å². The molecule has 4 saturated carbocycles. The van der Waals surface area contributed by atoms with Crippen LogP contribution in [0.3, 0.4) is 0 Å². The van der Waals surface area contributed by atoms with Gasteiger partial charge in [0.2, 0.25) is 5.95 Å². The summed E-state index contributed by atoms with van der Waals surface area (Å²) in [7, 11) is 3.36. The minimum Gasteiger partial charge on any atom is -0.465 e. The number of hydrogen-bond donors (Lipinski definition) is 3. The summed E-state index contributed by atoms with van der Waals surface area (Å²) in [6.07, 6.45) is 7.52. The van der Waals surface area contributed by atoms with Gasteiger partial charge in [-0.25, -0.2) is 14.8 Å². The molecule has 2 heterocycles. The predicted octanol–water partition coefficient (Wildman–Crippen LogP) is 1.90. The van der Waals surface area contributed by atoms with E-state index in [1.54, 1.807) is 19.0 Å². The van der Waals surface area contributed by atoms with Crippen molar-refractivity contribution in [3.8, 4) is 0 Å². The Balaban J connectivity index is 1.37. The van der Waals surface area contributed by atoms with Gasteiger partial charge in [-0.2, -0.15) is 0 Å². The molecule has 1 saturated heterocycles. The van der Waals surface area contributed by atoms with Gasteiger partial charge in [0, 0.05) is 33.0 Å². The maximum absolute atomic E-state index is 12.1. The van der Waals surface area contributed by atoms with Crippen LogP contribution >= 0.6 is 0 Å². The Labute approximate surface area is 181 Å². The van der Waals surface area contributed by atoms with Crippen LogP contribution in [-0.4, -0.2) is 80.3 Å². The molecule has 5 aliphatic rings. The summed E-state index contributed by atoms with van der Waals surface area (Å²) >= 11 is 0. The van der Waals surface area contributed by atoms with Crippen LogP contribution in [-0.2, 0) is 0 Å². The Morgan fingerprint density at radius 1 is 1.16 bits per heavy atom. The number of carbonyl (C=O) groups is 2. The second-order valence-corrected chi connectivity index (χ2v) is 10.3. The van der Waals surface area contributed by atoms with Gasteiger partial charge in [-0.15, -0.1) is 0 Å². The monoisotopic (exact) mass is 429 g/mol. The second kappa shape index (κ2) is 7.32. The Morgan fingerprint density at radius 3 is 2.35 bits per heavy atom. The van der Waals surface area contributed by atoms with Crippen molar-refractivity contribution >= 4 is 17.9 Å². The highest BCUT2D eigenvalue weighted by Gasteiger charge is 2.59. The molecule has 31 heavy (non-hydrogen) atoms. The van der Waals surface area contributed by atoms with Crippen LogP contribution < -0.4 is 5.32 Å². The Kier molecular flexibility index (Phi) is 4.84. The van der Waals surface area contributed by atoms with E-state index in [1.807, 2.05) is 0 Å². The third-order valence-corrected chi connectivity index (χ3v) is 8.03. The molecule has 7 atom stereocenters. The number of aromatic nitrogens is 2. The Morgan fingerprint density at radius 2 is 1.81 bits per heavy atom. The van der Waals surface area contributed by atoms with Gasteiger partial charge in [0.25, 0.3) is 5.91 Å². The highest BCUT2D eigenvalue weighted by Crippen LogP contribution is 2.60. The molecule has 1 aromatic rings. The first-order valence-corrected chi connectivity index (χ1v) is 11.3. The van der Waals surface area contributed by atoms with Gasteiger partial charge >= 0.3 is 6.09 Å². The minimum atomic E-state index is -0.880. The van der Waals surface area contributed by atoms with Crippen LogP contribution in [0.5, 0.6) is 0 Å². The van der Waals surface area contributed by atoms with Gasteiger partial charge in [0.05, 0.1) is 23.2 Å². The van der Waals surface area contributed by atoms with Crippen molar-refractivity contribution in [2.45, 2.75) is 56.2 Å². The van der Waals surface area contributed by atoms with Crippen LogP contribution in [0.25, 0.3) is 0 Å². The van der Waals surface area contributed by atoms with E-state index in [0.717, 1.165) is 32.1 Å².